The second kappa shape index (κ2) is 8.10. The van der Waals surface area contributed by atoms with Crippen LogP contribution in [0, 0.1) is 6.57 Å². The van der Waals surface area contributed by atoms with E-state index < -0.39 is 0 Å². The topological polar surface area (TPSA) is 88.2 Å². The standard InChI is InChI=1S/C24H21N5O/c1-3-18(29-24-22(26-2)17(25)13-14-27-24)20-21(15-9-5-4-6-10-15)28-19-12-8-7-11-16(19)23(20)30/h4-14,18H,3H2,1H3,(H,28,30)(H3,25,27,29). The van der Waals surface area contributed by atoms with Crippen LogP contribution in [0.25, 0.3) is 27.0 Å². The van der Waals surface area contributed by atoms with Crippen molar-refractivity contribution in [2.75, 3.05) is 11.1 Å². The number of rotatable bonds is 5. The highest BCUT2D eigenvalue weighted by Crippen LogP contribution is 2.34. The van der Waals surface area contributed by atoms with Crippen LogP contribution in [-0.4, -0.2) is 9.97 Å². The molecule has 0 amide bonds. The van der Waals surface area contributed by atoms with Gasteiger partial charge in [0.1, 0.15) is 5.82 Å². The number of aromatic nitrogens is 2. The molecule has 4 aromatic rings. The molecule has 0 saturated heterocycles. The van der Waals surface area contributed by atoms with E-state index >= 15 is 0 Å². The smallest absolute Gasteiger partial charge is 0.250 e. The van der Waals surface area contributed by atoms with Crippen molar-refractivity contribution in [1.82, 2.24) is 9.97 Å². The summed E-state index contributed by atoms with van der Waals surface area (Å²) in [6, 6.07) is 18.5. The highest BCUT2D eigenvalue weighted by atomic mass is 16.1. The Morgan fingerprint density at radius 3 is 2.60 bits per heavy atom. The van der Waals surface area contributed by atoms with Gasteiger partial charge in [0, 0.05) is 28.4 Å². The first kappa shape index (κ1) is 19.2. The number of hydrogen-bond donors (Lipinski definition) is 3. The van der Waals surface area contributed by atoms with Gasteiger partial charge in [-0.25, -0.2) is 4.85 Å². The lowest BCUT2D eigenvalue weighted by atomic mass is 9.95. The first-order valence-corrected chi connectivity index (χ1v) is 9.72. The van der Waals surface area contributed by atoms with Crippen LogP contribution in [0.3, 0.4) is 0 Å². The molecule has 0 spiro atoms. The van der Waals surface area contributed by atoms with Crippen molar-refractivity contribution in [2.24, 2.45) is 0 Å². The third-order valence-electron chi connectivity index (χ3n) is 5.14. The fraction of sp³-hybridized carbons (Fsp3) is 0.125. The highest BCUT2D eigenvalue weighted by molar-refractivity contribution is 5.84. The number of aromatic amines is 1. The zero-order chi connectivity index (χ0) is 21.1. The lowest BCUT2D eigenvalue weighted by Crippen LogP contribution is -2.22. The molecule has 0 saturated carbocycles. The van der Waals surface area contributed by atoms with Crippen LogP contribution in [-0.2, 0) is 0 Å². The van der Waals surface area contributed by atoms with Crippen LogP contribution in [0.1, 0.15) is 24.9 Å². The molecule has 30 heavy (non-hydrogen) atoms. The van der Waals surface area contributed by atoms with Crippen LogP contribution in [0.4, 0.5) is 17.2 Å². The molecule has 0 fully saturated rings. The van der Waals surface area contributed by atoms with E-state index in [9.17, 15) is 4.79 Å². The number of pyridine rings is 2. The predicted octanol–water partition coefficient (Wildman–Crippen LogP) is 5.29. The first-order valence-electron chi connectivity index (χ1n) is 9.72. The Balaban J connectivity index is 1.94. The number of nitrogens with two attached hydrogens (primary N) is 1. The van der Waals surface area contributed by atoms with Crippen molar-refractivity contribution in [2.45, 2.75) is 19.4 Å². The monoisotopic (exact) mass is 395 g/mol. The SMILES string of the molecule is [C-]#[N+]c1c(N)ccnc1NC(CC)c1c(-c2ccccc2)[nH]c2ccccc2c1=O. The van der Waals surface area contributed by atoms with Gasteiger partial charge in [0.15, 0.2) is 5.43 Å². The lowest BCUT2D eigenvalue weighted by molar-refractivity contribution is 0.740. The molecule has 2 aromatic carbocycles. The number of H-pyrrole nitrogens is 1. The van der Waals surface area contributed by atoms with Crippen molar-refractivity contribution < 1.29 is 0 Å². The van der Waals surface area contributed by atoms with Gasteiger partial charge in [-0.2, -0.15) is 0 Å². The molecule has 2 aromatic heterocycles. The Kier molecular flexibility index (Phi) is 5.19. The average molecular weight is 395 g/mol. The van der Waals surface area contributed by atoms with E-state index in [1.807, 2.05) is 61.5 Å². The maximum Gasteiger partial charge on any atom is 0.250 e. The number of nitrogens with zero attached hydrogens (tertiary/aromatic N) is 2. The molecule has 0 aliphatic carbocycles. The van der Waals surface area contributed by atoms with Crippen LogP contribution in [0.2, 0.25) is 0 Å². The zero-order valence-electron chi connectivity index (χ0n) is 16.5. The molecule has 1 unspecified atom stereocenters. The number of nitrogens with one attached hydrogen (secondary N) is 2. The molecule has 2 heterocycles. The van der Waals surface area contributed by atoms with Gasteiger partial charge in [-0.1, -0.05) is 49.4 Å². The molecule has 0 bridgehead atoms. The van der Waals surface area contributed by atoms with Crippen molar-refractivity contribution in [3.63, 3.8) is 0 Å². The quantitative estimate of drug-likeness (QED) is 0.401. The zero-order valence-corrected chi connectivity index (χ0v) is 16.5. The van der Waals surface area contributed by atoms with Gasteiger partial charge in [-0.15, -0.1) is 0 Å². The van der Waals surface area contributed by atoms with Gasteiger partial charge in [-0.3, -0.25) is 9.78 Å². The normalized spacial score (nSPS) is 11.7. The van der Waals surface area contributed by atoms with E-state index in [2.05, 4.69) is 20.1 Å². The summed E-state index contributed by atoms with van der Waals surface area (Å²) in [5, 5.41) is 3.92. The third-order valence-corrected chi connectivity index (χ3v) is 5.14. The summed E-state index contributed by atoms with van der Waals surface area (Å²) in [6.45, 7) is 9.45. The number of anilines is 2. The van der Waals surface area contributed by atoms with Gasteiger partial charge < -0.3 is 16.0 Å². The maximum absolute atomic E-state index is 13.6. The van der Waals surface area contributed by atoms with E-state index in [4.69, 9.17) is 12.3 Å². The third kappa shape index (κ3) is 3.38. The number of nitrogen functional groups attached to an aromatic ring is 1. The Morgan fingerprint density at radius 2 is 1.87 bits per heavy atom. The second-order valence-electron chi connectivity index (χ2n) is 6.97. The fourth-order valence-corrected chi connectivity index (χ4v) is 3.65. The van der Waals surface area contributed by atoms with Crippen molar-refractivity contribution in [3.8, 4) is 11.3 Å². The van der Waals surface area contributed by atoms with Crippen LogP contribution < -0.4 is 16.5 Å². The Labute approximate surface area is 174 Å². The summed E-state index contributed by atoms with van der Waals surface area (Å²) < 4.78 is 0. The minimum Gasteiger partial charge on any atom is -0.407 e. The summed E-state index contributed by atoms with van der Waals surface area (Å²) in [7, 11) is 0. The minimum absolute atomic E-state index is 0.0455. The van der Waals surface area contributed by atoms with E-state index in [1.54, 1.807) is 12.3 Å². The van der Waals surface area contributed by atoms with E-state index in [1.165, 1.54) is 0 Å². The molecule has 6 nitrogen and oxygen atoms in total. The molecule has 0 aliphatic heterocycles. The largest absolute Gasteiger partial charge is 0.407 e. The van der Waals surface area contributed by atoms with Gasteiger partial charge in [0.25, 0.3) is 0 Å². The summed E-state index contributed by atoms with van der Waals surface area (Å²) in [5.74, 6) is 0.378. The summed E-state index contributed by atoms with van der Waals surface area (Å²) in [4.78, 5) is 24.8. The molecule has 0 radical (unpaired) electrons. The van der Waals surface area contributed by atoms with Crippen LogP contribution in [0.15, 0.2) is 71.7 Å². The fourth-order valence-electron chi connectivity index (χ4n) is 3.65. The average Bonchev–Trinajstić information content (AvgIpc) is 2.78. The van der Waals surface area contributed by atoms with Crippen LogP contribution >= 0.6 is 0 Å². The van der Waals surface area contributed by atoms with Gasteiger partial charge in [0.2, 0.25) is 5.69 Å². The van der Waals surface area contributed by atoms with E-state index in [-0.39, 0.29) is 17.2 Å². The van der Waals surface area contributed by atoms with Crippen molar-refractivity contribution in [3.05, 3.63) is 94.1 Å². The summed E-state index contributed by atoms with van der Waals surface area (Å²) in [5.41, 5.74) is 9.59. The molecule has 4 rings (SSSR count). The minimum atomic E-state index is -0.358. The van der Waals surface area contributed by atoms with Gasteiger partial charge in [-0.05, 0) is 30.2 Å². The molecule has 0 aliphatic rings. The Morgan fingerprint density at radius 1 is 1.13 bits per heavy atom. The number of fused-ring (bicyclic) bond motifs is 1. The van der Waals surface area contributed by atoms with E-state index in [0.717, 1.165) is 16.8 Å². The molecular formula is C24H21N5O. The van der Waals surface area contributed by atoms with Crippen molar-refractivity contribution in [1.29, 1.82) is 0 Å². The lowest BCUT2D eigenvalue weighted by Gasteiger charge is -2.22. The second-order valence-corrected chi connectivity index (χ2v) is 6.97. The molecule has 1 atom stereocenters. The Bertz CT molecular complexity index is 1300. The van der Waals surface area contributed by atoms with E-state index in [0.29, 0.717) is 28.9 Å². The maximum atomic E-state index is 13.6. The predicted molar refractivity (Wildman–Crippen MR) is 122 cm³/mol. The number of para-hydroxylation sites is 1. The highest BCUT2D eigenvalue weighted by Gasteiger charge is 2.22. The summed E-state index contributed by atoms with van der Waals surface area (Å²) in [6.07, 6.45) is 2.18. The van der Waals surface area contributed by atoms with Gasteiger partial charge >= 0.3 is 0 Å². The summed E-state index contributed by atoms with van der Waals surface area (Å²) >= 11 is 0. The van der Waals surface area contributed by atoms with Crippen molar-refractivity contribution >= 4 is 28.1 Å². The molecule has 4 N–H and O–H groups in total. The number of hydrogen-bond acceptors (Lipinski definition) is 4. The molecule has 6 heteroatoms. The number of benzene rings is 2. The molecule has 148 valence electrons. The molecular weight excluding hydrogens is 374 g/mol. The Hall–Kier alpha value is -4.11. The van der Waals surface area contributed by atoms with Crippen LogP contribution in [0.5, 0.6) is 0 Å². The first-order chi connectivity index (χ1) is 14.6. The van der Waals surface area contributed by atoms with Gasteiger partial charge in [0.05, 0.1) is 18.3 Å².